The Bertz CT molecular complexity index is 652. The van der Waals surface area contributed by atoms with Crippen LogP contribution in [-0.2, 0) is 19.4 Å². The SMILES string of the molecule is CN(CC(=O)O)C(=O)C(C)(C)S(=O)(=O)c1ccc(Br)cc1. The number of carbonyl (C=O) groups excluding carboxylic acids is 1. The Kier molecular flexibility index (Phi) is 5.16. The van der Waals surface area contributed by atoms with Gasteiger partial charge in [-0.1, -0.05) is 15.9 Å². The molecule has 0 fully saturated rings. The highest BCUT2D eigenvalue weighted by atomic mass is 79.9. The molecule has 0 aliphatic heterocycles. The Morgan fingerprint density at radius 2 is 1.71 bits per heavy atom. The van der Waals surface area contributed by atoms with Gasteiger partial charge in [0.1, 0.15) is 11.3 Å². The number of aliphatic carboxylic acids is 1. The molecule has 1 aromatic carbocycles. The Balaban J connectivity index is 3.18. The van der Waals surface area contributed by atoms with Crippen molar-refractivity contribution in [3.63, 3.8) is 0 Å². The number of carboxylic acid groups (broad SMARTS) is 1. The summed E-state index contributed by atoms with van der Waals surface area (Å²) in [4.78, 5) is 23.8. The molecule has 0 aromatic heterocycles. The van der Waals surface area contributed by atoms with Gasteiger partial charge in [0.25, 0.3) is 0 Å². The fourth-order valence-corrected chi connectivity index (χ4v) is 3.49. The van der Waals surface area contributed by atoms with Gasteiger partial charge in [-0.25, -0.2) is 8.42 Å². The standard InChI is InChI=1S/C13H16BrNO5S/c1-13(2,12(18)15(3)8-11(16)17)21(19,20)10-6-4-9(14)5-7-10/h4-7H,8H2,1-3H3,(H,16,17). The zero-order valence-corrected chi connectivity index (χ0v) is 14.2. The summed E-state index contributed by atoms with van der Waals surface area (Å²) in [5.74, 6) is -1.98. The summed E-state index contributed by atoms with van der Waals surface area (Å²) in [6.07, 6.45) is 0. The Morgan fingerprint density at radius 1 is 1.24 bits per heavy atom. The smallest absolute Gasteiger partial charge is 0.323 e. The first-order chi connectivity index (χ1) is 9.50. The molecule has 0 heterocycles. The average molecular weight is 378 g/mol. The van der Waals surface area contributed by atoms with Crippen LogP contribution in [0.3, 0.4) is 0 Å². The van der Waals surface area contributed by atoms with Crippen molar-refractivity contribution < 1.29 is 23.1 Å². The van der Waals surface area contributed by atoms with Crippen molar-refractivity contribution in [1.29, 1.82) is 0 Å². The van der Waals surface area contributed by atoms with Crippen molar-refractivity contribution in [2.75, 3.05) is 13.6 Å². The third kappa shape index (κ3) is 3.62. The molecule has 0 spiro atoms. The zero-order valence-electron chi connectivity index (χ0n) is 11.8. The predicted molar refractivity (Wildman–Crippen MR) is 80.7 cm³/mol. The quantitative estimate of drug-likeness (QED) is 0.839. The van der Waals surface area contributed by atoms with Crippen LogP contribution >= 0.6 is 15.9 Å². The maximum Gasteiger partial charge on any atom is 0.323 e. The molecule has 1 aromatic rings. The molecule has 1 rings (SSSR count). The number of hydrogen-bond donors (Lipinski definition) is 1. The molecule has 0 aliphatic rings. The van der Waals surface area contributed by atoms with Crippen molar-refractivity contribution in [3.8, 4) is 0 Å². The second-order valence-corrected chi connectivity index (χ2v) is 8.44. The van der Waals surface area contributed by atoms with E-state index in [-0.39, 0.29) is 4.90 Å². The molecule has 8 heteroatoms. The molecule has 0 unspecified atom stereocenters. The van der Waals surface area contributed by atoms with Crippen LogP contribution in [0.1, 0.15) is 13.8 Å². The molecule has 6 nitrogen and oxygen atoms in total. The Hall–Kier alpha value is -1.41. The first-order valence-electron chi connectivity index (χ1n) is 5.97. The zero-order chi connectivity index (χ0) is 16.4. The van der Waals surface area contributed by atoms with Crippen LogP contribution < -0.4 is 0 Å². The number of benzene rings is 1. The Labute approximate surface area is 131 Å². The first kappa shape index (κ1) is 17.6. The van der Waals surface area contributed by atoms with E-state index in [9.17, 15) is 18.0 Å². The molecular formula is C13H16BrNO5S. The molecule has 0 atom stereocenters. The maximum atomic E-state index is 12.6. The molecule has 0 bridgehead atoms. The molecule has 1 N–H and O–H groups in total. The van der Waals surface area contributed by atoms with Crippen LogP contribution in [0.2, 0.25) is 0 Å². The second-order valence-electron chi connectivity index (χ2n) is 5.02. The van der Waals surface area contributed by atoms with E-state index in [4.69, 9.17) is 5.11 Å². The molecule has 0 aliphatic carbocycles. The van der Waals surface area contributed by atoms with Gasteiger partial charge in [0.15, 0.2) is 9.84 Å². The van der Waals surface area contributed by atoms with Crippen LogP contribution in [0, 0.1) is 0 Å². The fourth-order valence-electron chi connectivity index (χ4n) is 1.76. The lowest BCUT2D eigenvalue weighted by molar-refractivity contribution is -0.144. The van der Waals surface area contributed by atoms with Crippen LogP contribution in [-0.4, -0.2) is 48.6 Å². The van der Waals surface area contributed by atoms with E-state index in [0.717, 1.165) is 4.90 Å². The predicted octanol–water partition coefficient (Wildman–Crippen LogP) is 1.54. The minimum atomic E-state index is -3.94. The number of likely N-dealkylation sites (N-methyl/N-ethyl adjacent to an activating group) is 1. The number of amides is 1. The van der Waals surface area contributed by atoms with Gasteiger partial charge in [-0.2, -0.15) is 0 Å². The van der Waals surface area contributed by atoms with E-state index in [1.54, 1.807) is 12.1 Å². The van der Waals surface area contributed by atoms with Gasteiger partial charge in [0.05, 0.1) is 4.90 Å². The van der Waals surface area contributed by atoms with E-state index < -0.39 is 33.0 Å². The summed E-state index contributed by atoms with van der Waals surface area (Å²) in [6.45, 7) is 1.98. The van der Waals surface area contributed by atoms with Crippen molar-refractivity contribution >= 4 is 37.6 Å². The topological polar surface area (TPSA) is 91.8 Å². The number of nitrogens with zero attached hydrogens (tertiary/aromatic N) is 1. The maximum absolute atomic E-state index is 12.6. The number of halogens is 1. The van der Waals surface area contributed by atoms with Crippen LogP contribution in [0.25, 0.3) is 0 Å². The molecule has 0 saturated carbocycles. The lowest BCUT2D eigenvalue weighted by atomic mass is 10.2. The van der Waals surface area contributed by atoms with Gasteiger partial charge in [0, 0.05) is 11.5 Å². The van der Waals surface area contributed by atoms with Gasteiger partial charge in [0.2, 0.25) is 5.91 Å². The lowest BCUT2D eigenvalue weighted by Crippen LogP contribution is -2.49. The fraction of sp³-hybridized carbons (Fsp3) is 0.385. The first-order valence-corrected chi connectivity index (χ1v) is 8.25. The summed E-state index contributed by atoms with van der Waals surface area (Å²) in [5, 5.41) is 8.70. The minimum absolute atomic E-state index is 0.00720. The van der Waals surface area contributed by atoms with Crippen LogP contribution in [0.4, 0.5) is 0 Å². The molecule has 116 valence electrons. The van der Waals surface area contributed by atoms with Crippen molar-refractivity contribution in [1.82, 2.24) is 4.90 Å². The second kappa shape index (κ2) is 6.15. The number of carboxylic acids is 1. The van der Waals surface area contributed by atoms with Gasteiger partial charge in [-0.3, -0.25) is 9.59 Å². The minimum Gasteiger partial charge on any atom is -0.480 e. The monoisotopic (exact) mass is 377 g/mol. The van der Waals surface area contributed by atoms with Crippen molar-refractivity contribution in [3.05, 3.63) is 28.7 Å². The summed E-state index contributed by atoms with van der Waals surface area (Å²) in [6, 6.07) is 5.92. The summed E-state index contributed by atoms with van der Waals surface area (Å²) in [5.41, 5.74) is 0. The van der Waals surface area contributed by atoms with E-state index >= 15 is 0 Å². The number of rotatable bonds is 5. The summed E-state index contributed by atoms with van der Waals surface area (Å²) >= 11 is 3.21. The lowest BCUT2D eigenvalue weighted by Gasteiger charge is -2.28. The summed E-state index contributed by atoms with van der Waals surface area (Å²) < 4.78 is 24.1. The molecule has 1 amide bonds. The largest absolute Gasteiger partial charge is 0.480 e. The highest BCUT2D eigenvalue weighted by molar-refractivity contribution is 9.10. The number of sulfone groups is 1. The van der Waals surface area contributed by atoms with Crippen molar-refractivity contribution in [2.24, 2.45) is 0 Å². The molecule has 21 heavy (non-hydrogen) atoms. The Morgan fingerprint density at radius 3 is 2.14 bits per heavy atom. The number of hydrogen-bond acceptors (Lipinski definition) is 4. The van der Waals surface area contributed by atoms with Gasteiger partial charge in [-0.15, -0.1) is 0 Å². The van der Waals surface area contributed by atoms with Crippen molar-refractivity contribution in [2.45, 2.75) is 23.5 Å². The van der Waals surface area contributed by atoms with Crippen LogP contribution in [0.15, 0.2) is 33.6 Å². The number of carbonyl (C=O) groups is 2. The molecule has 0 saturated heterocycles. The third-order valence-electron chi connectivity index (χ3n) is 3.03. The highest BCUT2D eigenvalue weighted by Crippen LogP contribution is 2.28. The summed E-state index contributed by atoms with van der Waals surface area (Å²) in [7, 11) is -2.68. The van der Waals surface area contributed by atoms with Gasteiger partial charge in [-0.05, 0) is 38.1 Å². The highest BCUT2D eigenvalue weighted by Gasteiger charge is 2.44. The van der Waals surface area contributed by atoms with E-state index in [1.165, 1.54) is 33.0 Å². The third-order valence-corrected chi connectivity index (χ3v) is 5.97. The van der Waals surface area contributed by atoms with Gasteiger partial charge >= 0.3 is 5.97 Å². The normalized spacial score (nSPS) is 12.0. The van der Waals surface area contributed by atoms with Gasteiger partial charge < -0.3 is 10.0 Å². The van der Waals surface area contributed by atoms with E-state index in [0.29, 0.717) is 4.47 Å². The van der Waals surface area contributed by atoms with Crippen LogP contribution in [0.5, 0.6) is 0 Å². The van der Waals surface area contributed by atoms with E-state index in [2.05, 4.69) is 15.9 Å². The molecule has 0 radical (unpaired) electrons. The average Bonchev–Trinajstić information content (AvgIpc) is 2.37. The molecular weight excluding hydrogens is 362 g/mol. The van der Waals surface area contributed by atoms with E-state index in [1.807, 2.05) is 0 Å².